The predicted molar refractivity (Wildman–Crippen MR) is 97.6 cm³/mol. The average Bonchev–Trinajstić information content (AvgIpc) is 3.19. The van der Waals surface area contributed by atoms with Gasteiger partial charge in [-0.2, -0.15) is 0 Å². The zero-order valence-electron chi connectivity index (χ0n) is 11.8. The van der Waals surface area contributed by atoms with E-state index in [1.807, 2.05) is 0 Å². The summed E-state index contributed by atoms with van der Waals surface area (Å²) in [5.74, 6) is 0. The molecule has 1 aromatic rings. The van der Waals surface area contributed by atoms with Gasteiger partial charge in [0.1, 0.15) is 0 Å². The molecule has 0 saturated heterocycles. The minimum Gasteiger partial charge on any atom is -0.0823 e. The predicted octanol–water partition coefficient (Wildman–Crippen LogP) is 7.16. The Labute approximate surface area is 150 Å². The smallest absolute Gasteiger partial charge is 0.0796 e. The Hall–Kier alpha value is -0.660. The molecule has 0 aliphatic heterocycles. The first kappa shape index (κ1) is 16.2. The molecule has 0 amide bonds. The van der Waals surface area contributed by atoms with Crippen molar-refractivity contribution in [2.45, 2.75) is 25.7 Å². The first-order valence-corrected chi connectivity index (χ1v) is 8.62. The van der Waals surface area contributed by atoms with Crippen molar-refractivity contribution in [3.05, 3.63) is 78.8 Å². The van der Waals surface area contributed by atoms with E-state index < -0.39 is 0 Å². The minimum absolute atomic E-state index is 0.345. The zero-order chi connectivity index (χ0) is 15.7. The van der Waals surface area contributed by atoms with Crippen molar-refractivity contribution in [2.24, 2.45) is 0 Å². The monoisotopic (exact) mass is 370 g/mol. The topological polar surface area (TPSA) is 0 Å². The van der Waals surface area contributed by atoms with E-state index in [1.54, 1.807) is 0 Å². The number of rotatable bonds is 4. The minimum atomic E-state index is 0.345. The van der Waals surface area contributed by atoms with Crippen LogP contribution in [0.5, 0.6) is 0 Å². The fourth-order valence-electron chi connectivity index (χ4n) is 2.79. The maximum Gasteiger partial charge on any atom is 0.0796 e. The molecule has 114 valence electrons. The van der Waals surface area contributed by atoms with Gasteiger partial charge in [0.25, 0.3) is 0 Å². The molecule has 1 aromatic carbocycles. The molecule has 2 aliphatic rings. The van der Waals surface area contributed by atoms with Gasteiger partial charge in [0.15, 0.2) is 0 Å². The molecule has 0 N–H and O–H groups in total. The van der Waals surface area contributed by atoms with Gasteiger partial charge in [0, 0.05) is 0 Å². The van der Waals surface area contributed by atoms with E-state index in [4.69, 9.17) is 46.4 Å². The van der Waals surface area contributed by atoms with Crippen LogP contribution in [0.2, 0.25) is 20.1 Å². The lowest BCUT2D eigenvalue weighted by Gasteiger charge is -2.18. The summed E-state index contributed by atoms with van der Waals surface area (Å²) in [7, 11) is 0. The van der Waals surface area contributed by atoms with Gasteiger partial charge < -0.3 is 0 Å². The molecule has 0 spiro atoms. The summed E-state index contributed by atoms with van der Waals surface area (Å²) < 4.78 is 0. The van der Waals surface area contributed by atoms with Crippen LogP contribution < -0.4 is 0 Å². The molecule has 2 aliphatic carbocycles. The number of hydrogen-bond acceptors (Lipinski definition) is 0. The van der Waals surface area contributed by atoms with Gasteiger partial charge in [-0.1, -0.05) is 94.0 Å². The van der Waals surface area contributed by atoms with Crippen molar-refractivity contribution in [1.82, 2.24) is 0 Å². The van der Waals surface area contributed by atoms with E-state index in [1.165, 1.54) is 11.1 Å². The third-order valence-corrected chi connectivity index (χ3v) is 5.86. The van der Waals surface area contributed by atoms with Gasteiger partial charge in [0.05, 0.1) is 20.1 Å². The van der Waals surface area contributed by atoms with E-state index in [-0.39, 0.29) is 0 Å². The Morgan fingerprint density at radius 1 is 0.636 bits per heavy atom. The summed E-state index contributed by atoms with van der Waals surface area (Å²) >= 11 is 25.5. The Morgan fingerprint density at radius 2 is 1.05 bits per heavy atom. The van der Waals surface area contributed by atoms with Crippen molar-refractivity contribution in [3.8, 4) is 0 Å². The Balaban J connectivity index is 2.03. The molecule has 0 aromatic heterocycles. The highest BCUT2D eigenvalue weighted by molar-refractivity contribution is 6.52. The molecule has 22 heavy (non-hydrogen) atoms. The highest BCUT2D eigenvalue weighted by atomic mass is 35.5. The normalized spacial score (nSPS) is 16.4. The van der Waals surface area contributed by atoms with Gasteiger partial charge in [-0.25, -0.2) is 0 Å². The number of hydrogen-bond donors (Lipinski definition) is 0. The molecular weight excluding hydrogens is 358 g/mol. The molecule has 4 heteroatoms. The molecule has 0 nitrogen and oxygen atoms in total. The van der Waals surface area contributed by atoms with Crippen molar-refractivity contribution < 1.29 is 0 Å². The standard InChI is InChI=1S/C18H14Cl4/c19-15-13(9-11-5-1-2-6-11)14(10-12-7-3-4-8-12)16(20)18(22)17(15)21/h1-5,7H,6,8-10H2. The molecule has 0 heterocycles. The van der Waals surface area contributed by atoms with Gasteiger partial charge in [-0.05, 0) is 36.8 Å². The van der Waals surface area contributed by atoms with Gasteiger partial charge >= 0.3 is 0 Å². The largest absolute Gasteiger partial charge is 0.0823 e. The quantitative estimate of drug-likeness (QED) is 0.389. The molecule has 0 atom stereocenters. The summed E-state index contributed by atoms with van der Waals surface area (Å²) in [6, 6.07) is 0. The maximum absolute atomic E-state index is 6.48. The van der Waals surface area contributed by atoms with Gasteiger partial charge in [-0.3, -0.25) is 0 Å². The molecular formula is C18H14Cl4. The second-order valence-corrected chi connectivity index (χ2v) is 6.99. The van der Waals surface area contributed by atoms with Crippen molar-refractivity contribution in [3.63, 3.8) is 0 Å². The zero-order valence-corrected chi connectivity index (χ0v) is 14.8. The molecule has 3 rings (SSSR count). The van der Waals surface area contributed by atoms with Crippen LogP contribution in [-0.4, -0.2) is 0 Å². The average molecular weight is 372 g/mol. The molecule has 0 saturated carbocycles. The van der Waals surface area contributed by atoms with Crippen LogP contribution in [0.4, 0.5) is 0 Å². The van der Waals surface area contributed by atoms with Crippen LogP contribution in [0.1, 0.15) is 24.0 Å². The van der Waals surface area contributed by atoms with Crippen LogP contribution in [0.15, 0.2) is 47.6 Å². The van der Waals surface area contributed by atoms with Crippen LogP contribution in [0, 0.1) is 0 Å². The Morgan fingerprint density at radius 3 is 1.36 bits per heavy atom. The summed E-state index contributed by atoms with van der Waals surface area (Å²) in [5.41, 5.74) is 4.58. The summed E-state index contributed by atoms with van der Waals surface area (Å²) in [6.45, 7) is 0. The summed E-state index contributed by atoms with van der Waals surface area (Å²) in [6.07, 6.45) is 16.0. The van der Waals surface area contributed by atoms with E-state index >= 15 is 0 Å². The third-order valence-electron chi connectivity index (χ3n) is 3.98. The maximum atomic E-state index is 6.48. The molecule has 0 fully saturated rings. The highest BCUT2D eigenvalue weighted by Gasteiger charge is 2.22. The van der Waals surface area contributed by atoms with Crippen LogP contribution >= 0.6 is 46.4 Å². The van der Waals surface area contributed by atoms with Crippen LogP contribution in [0.3, 0.4) is 0 Å². The summed E-state index contributed by atoms with van der Waals surface area (Å²) in [5, 5.41) is 1.73. The van der Waals surface area contributed by atoms with Crippen molar-refractivity contribution in [1.29, 1.82) is 0 Å². The molecule has 0 radical (unpaired) electrons. The first-order valence-electron chi connectivity index (χ1n) is 7.10. The molecule has 0 bridgehead atoms. The summed E-state index contributed by atoms with van der Waals surface area (Å²) in [4.78, 5) is 0. The van der Waals surface area contributed by atoms with E-state index in [2.05, 4.69) is 36.5 Å². The Bertz CT molecular complexity index is 673. The lowest BCUT2D eigenvalue weighted by atomic mass is 9.94. The molecule has 0 unspecified atom stereocenters. The van der Waals surface area contributed by atoms with Gasteiger partial charge in [0.2, 0.25) is 0 Å². The number of allylic oxidation sites excluding steroid dienone is 8. The highest BCUT2D eigenvalue weighted by Crippen LogP contribution is 2.43. The second-order valence-electron chi connectivity index (χ2n) is 5.48. The number of benzene rings is 1. The number of halogens is 4. The lowest BCUT2D eigenvalue weighted by molar-refractivity contribution is 1.01. The van der Waals surface area contributed by atoms with E-state index in [0.717, 1.165) is 36.8 Å². The van der Waals surface area contributed by atoms with E-state index in [0.29, 0.717) is 20.1 Å². The first-order chi connectivity index (χ1) is 10.6. The third kappa shape index (κ3) is 3.16. The second kappa shape index (κ2) is 6.84. The SMILES string of the molecule is Clc1c(Cl)c(Cl)c(CC2=CC=CC2)c(CC2=CC=CC2)c1Cl. The Kier molecular flexibility index (Phi) is 5.04. The van der Waals surface area contributed by atoms with Crippen LogP contribution in [-0.2, 0) is 12.8 Å². The van der Waals surface area contributed by atoms with Crippen molar-refractivity contribution in [2.75, 3.05) is 0 Å². The van der Waals surface area contributed by atoms with E-state index in [9.17, 15) is 0 Å². The lowest BCUT2D eigenvalue weighted by Crippen LogP contribution is -2.02. The van der Waals surface area contributed by atoms with Crippen LogP contribution in [0.25, 0.3) is 0 Å². The fourth-order valence-corrected chi connectivity index (χ4v) is 3.86. The van der Waals surface area contributed by atoms with Gasteiger partial charge in [-0.15, -0.1) is 0 Å². The van der Waals surface area contributed by atoms with Crippen molar-refractivity contribution >= 4 is 46.4 Å². The fraction of sp³-hybridized carbons (Fsp3) is 0.222.